The number of rotatable bonds is 6. The molecule has 0 unspecified atom stereocenters. The normalized spacial score (nSPS) is 17.6. The second kappa shape index (κ2) is 9.89. The molecule has 2 aliphatic rings. The van der Waals surface area contributed by atoms with Gasteiger partial charge in [-0.05, 0) is 53.1 Å². The van der Waals surface area contributed by atoms with Crippen molar-refractivity contribution in [2.45, 2.75) is 18.5 Å². The van der Waals surface area contributed by atoms with E-state index >= 15 is 0 Å². The van der Waals surface area contributed by atoms with Gasteiger partial charge in [0.15, 0.2) is 11.5 Å². The average molecular weight is 508 g/mol. The molecule has 3 aromatic carbocycles. The highest BCUT2D eigenvalue weighted by atomic mass is 16.7. The lowest BCUT2D eigenvalue weighted by molar-refractivity contribution is -0.123. The topological polar surface area (TPSA) is 90.0 Å². The Kier molecular flexibility index (Phi) is 6.13. The predicted octanol–water partition coefficient (Wildman–Crippen LogP) is 4.62. The molecule has 6 rings (SSSR count). The summed E-state index contributed by atoms with van der Waals surface area (Å²) in [5, 5.41) is 3.09. The number of nitrogens with zero attached hydrogens (tertiary/aromatic N) is 2. The van der Waals surface area contributed by atoms with Crippen LogP contribution in [-0.2, 0) is 11.3 Å². The van der Waals surface area contributed by atoms with Crippen LogP contribution < -0.4 is 24.4 Å². The molecule has 0 spiro atoms. The van der Waals surface area contributed by atoms with Crippen molar-refractivity contribution < 1.29 is 23.8 Å². The highest BCUT2D eigenvalue weighted by Crippen LogP contribution is 2.46. The van der Waals surface area contributed by atoms with Gasteiger partial charge in [-0.25, -0.2) is 0 Å². The molecule has 190 valence electrons. The van der Waals surface area contributed by atoms with Gasteiger partial charge in [-0.1, -0.05) is 36.4 Å². The van der Waals surface area contributed by atoms with E-state index in [4.69, 9.17) is 14.2 Å². The minimum absolute atomic E-state index is 0.123. The maximum absolute atomic E-state index is 14.0. The fraction of sp³-hybridized carbons (Fsp3) is 0.167. The molecule has 1 aromatic heterocycles. The van der Waals surface area contributed by atoms with Gasteiger partial charge in [-0.3, -0.25) is 19.5 Å². The van der Waals surface area contributed by atoms with Crippen LogP contribution in [0.25, 0.3) is 0 Å². The fourth-order valence-electron chi connectivity index (χ4n) is 5.07. The highest BCUT2D eigenvalue weighted by molar-refractivity contribution is 6.11. The Hall–Kier alpha value is -4.85. The summed E-state index contributed by atoms with van der Waals surface area (Å²) in [6.07, 6.45) is 3.38. The number of anilines is 1. The third kappa shape index (κ3) is 4.20. The van der Waals surface area contributed by atoms with Crippen molar-refractivity contribution in [1.82, 2.24) is 10.3 Å². The van der Waals surface area contributed by atoms with Crippen LogP contribution in [0.5, 0.6) is 17.2 Å². The number of carbonyl (C=O) groups excluding carboxylic acids is 2. The molecule has 0 radical (unpaired) electrons. The zero-order valence-corrected chi connectivity index (χ0v) is 20.7. The molecule has 0 aliphatic carbocycles. The van der Waals surface area contributed by atoms with Crippen LogP contribution in [-0.4, -0.2) is 30.7 Å². The summed E-state index contributed by atoms with van der Waals surface area (Å²) in [5.74, 6) is 0.838. The molecular formula is C30H25N3O5. The largest absolute Gasteiger partial charge is 0.497 e. The highest BCUT2D eigenvalue weighted by Gasteiger charge is 2.45. The molecule has 2 aliphatic heterocycles. The maximum atomic E-state index is 14.0. The Balaban J connectivity index is 1.43. The number of carbonyl (C=O) groups is 2. The predicted molar refractivity (Wildman–Crippen MR) is 140 cm³/mol. The van der Waals surface area contributed by atoms with E-state index in [1.165, 1.54) is 0 Å². The second-order valence-electron chi connectivity index (χ2n) is 9.07. The molecule has 0 bridgehead atoms. The van der Waals surface area contributed by atoms with Gasteiger partial charge in [-0.2, -0.15) is 0 Å². The van der Waals surface area contributed by atoms with Crippen LogP contribution in [0.2, 0.25) is 0 Å². The minimum atomic E-state index is -0.684. The molecule has 0 saturated heterocycles. The van der Waals surface area contributed by atoms with E-state index < -0.39 is 12.0 Å². The SMILES string of the molecule is COc1ccc(CNC(=O)[C@H]2c3ccccc3C(=O)N(c3ccc4c(c3)OCO4)[C@H]2c2cccnc2)cc1. The lowest BCUT2D eigenvalue weighted by Gasteiger charge is -2.41. The molecule has 8 heteroatoms. The van der Waals surface area contributed by atoms with Gasteiger partial charge in [-0.15, -0.1) is 0 Å². The van der Waals surface area contributed by atoms with E-state index in [0.29, 0.717) is 34.9 Å². The summed E-state index contributed by atoms with van der Waals surface area (Å²) in [7, 11) is 1.61. The van der Waals surface area contributed by atoms with Gasteiger partial charge >= 0.3 is 0 Å². The summed E-state index contributed by atoms with van der Waals surface area (Å²) >= 11 is 0. The summed E-state index contributed by atoms with van der Waals surface area (Å²) in [5.41, 5.74) is 3.45. The molecule has 8 nitrogen and oxygen atoms in total. The molecule has 0 fully saturated rings. The summed E-state index contributed by atoms with van der Waals surface area (Å²) < 4.78 is 16.3. The van der Waals surface area contributed by atoms with Crippen LogP contribution in [0.3, 0.4) is 0 Å². The lowest BCUT2D eigenvalue weighted by Crippen LogP contribution is -2.47. The first kappa shape index (κ1) is 23.5. The van der Waals surface area contributed by atoms with E-state index in [1.807, 2.05) is 60.7 Å². The number of aromatic nitrogens is 1. The molecule has 0 saturated carbocycles. The Morgan fingerprint density at radius 3 is 2.63 bits per heavy atom. The lowest BCUT2D eigenvalue weighted by atomic mass is 9.79. The first-order chi connectivity index (χ1) is 18.6. The summed E-state index contributed by atoms with van der Waals surface area (Å²) in [4.78, 5) is 33.9. The minimum Gasteiger partial charge on any atom is -0.497 e. The standard InChI is InChI=1S/C30H25N3O5/c1-36-22-11-8-19(9-12-22)16-32-29(34)27-23-6-2-3-7-24(23)30(35)33(28(27)20-5-4-14-31-17-20)21-10-13-25-26(15-21)38-18-37-25/h2-15,17,27-28H,16,18H2,1H3,(H,32,34)/t27-,28-/m0/s1. The van der Waals surface area contributed by atoms with Gasteiger partial charge in [0.2, 0.25) is 12.7 Å². The first-order valence-electron chi connectivity index (χ1n) is 12.3. The number of benzene rings is 3. The van der Waals surface area contributed by atoms with Crippen LogP contribution in [0, 0.1) is 0 Å². The van der Waals surface area contributed by atoms with Crippen molar-refractivity contribution in [2.24, 2.45) is 0 Å². The van der Waals surface area contributed by atoms with E-state index in [-0.39, 0.29) is 18.6 Å². The molecule has 1 N–H and O–H groups in total. The monoisotopic (exact) mass is 507 g/mol. The zero-order valence-electron chi connectivity index (χ0n) is 20.7. The van der Waals surface area contributed by atoms with Crippen LogP contribution in [0.4, 0.5) is 5.69 Å². The van der Waals surface area contributed by atoms with Gasteiger partial charge in [0.05, 0.1) is 19.1 Å². The van der Waals surface area contributed by atoms with Crippen molar-refractivity contribution in [3.8, 4) is 17.2 Å². The van der Waals surface area contributed by atoms with Crippen LogP contribution in [0.1, 0.15) is 39.0 Å². The molecular weight excluding hydrogens is 482 g/mol. The number of nitrogens with one attached hydrogen (secondary N) is 1. The number of hydrogen-bond acceptors (Lipinski definition) is 6. The Labute approximate surface area is 219 Å². The molecule has 2 amide bonds. The Bertz CT molecular complexity index is 1490. The third-order valence-electron chi connectivity index (χ3n) is 6.91. The number of fused-ring (bicyclic) bond motifs is 2. The molecule has 4 aromatic rings. The number of pyridine rings is 1. The summed E-state index contributed by atoms with van der Waals surface area (Å²) in [6.45, 7) is 0.456. The molecule has 3 heterocycles. The van der Waals surface area contributed by atoms with E-state index in [2.05, 4.69) is 10.3 Å². The molecule has 38 heavy (non-hydrogen) atoms. The quantitative estimate of drug-likeness (QED) is 0.410. The molecule has 2 atom stereocenters. The Morgan fingerprint density at radius 1 is 1.03 bits per heavy atom. The van der Waals surface area contributed by atoms with Crippen molar-refractivity contribution in [3.63, 3.8) is 0 Å². The van der Waals surface area contributed by atoms with Gasteiger partial charge in [0, 0.05) is 36.3 Å². The fourth-order valence-corrected chi connectivity index (χ4v) is 5.07. The number of hydrogen-bond donors (Lipinski definition) is 1. The van der Waals surface area contributed by atoms with Crippen molar-refractivity contribution in [3.05, 3.63) is 114 Å². The van der Waals surface area contributed by atoms with E-state index in [9.17, 15) is 9.59 Å². The zero-order chi connectivity index (χ0) is 26.1. The number of methoxy groups -OCH3 is 1. The van der Waals surface area contributed by atoms with Crippen molar-refractivity contribution in [2.75, 3.05) is 18.8 Å². The van der Waals surface area contributed by atoms with E-state index in [0.717, 1.165) is 16.9 Å². The van der Waals surface area contributed by atoms with Gasteiger partial charge in [0.25, 0.3) is 5.91 Å². The smallest absolute Gasteiger partial charge is 0.259 e. The second-order valence-corrected chi connectivity index (χ2v) is 9.07. The first-order valence-corrected chi connectivity index (χ1v) is 12.3. The maximum Gasteiger partial charge on any atom is 0.259 e. The van der Waals surface area contributed by atoms with Gasteiger partial charge < -0.3 is 19.5 Å². The Morgan fingerprint density at radius 2 is 1.84 bits per heavy atom. The van der Waals surface area contributed by atoms with Gasteiger partial charge in [0.1, 0.15) is 5.75 Å². The van der Waals surface area contributed by atoms with Crippen LogP contribution >= 0.6 is 0 Å². The number of amides is 2. The number of ether oxygens (including phenoxy) is 3. The summed E-state index contributed by atoms with van der Waals surface area (Å²) in [6, 6.07) is 23.3. The third-order valence-corrected chi connectivity index (χ3v) is 6.91. The van der Waals surface area contributed by atoms with Crippen LogP contribution in [0.15, 0.2) is 91.3 Å². The average Bonchev–Trinajstić information content (AvgIpc) is 3.44. The van der Waals surface area contributed by atoms with E-state index in [1.54, 1.807) is 42.6 Å². The van der Waals surface area contributed by atoms with Crippen molar-refractivity contribution in [1.29, 1.82) is 0 Å². The van der Waals surface area contributed by atoms with Crippen molar-refractivity contribution >= 4 is 17.5 Å².